The second-order valence-electron chi connectivity index (χ2n) is 5.21. The molecule has 3 rings (SSSR count). The summed E-state index contributed by atoms with van der Waals surface area (Å²) in [6, 6.07) is 9.71. The van der Waals surface area contributed by atoms with Crippen molar-refractivity contribution in [2.75, 3.05) is 31.2 Å². The number of aromatic nitrogens is 1. The zero-order valence-corrected chi connectivity index (χ0v) is 12.1. The summed E-state index contributed by atoms with van der Waals surface area (Å²) in [7, 11) is 0. The van der Waals surface area contributed by atoms with Crippen LogP contribution in [0.3, 0.4) is 0 Å². The van der Waals surface area contributed by atoms with Crippen molar-refractivity contribution in [1.82, 2.24) is 4.98 Å². The van der Waals surface area contributed by atoms with E-state index in [-0.39, 0.29) is 0 Å². The number of hydrogen-bond donors (Lipinski definition) is 0. The minimum atomic E-state index is 0.683. The second-order valence-corrected chi connectivity index (χ2v) is 5.21. The largest absolute Gasteiger partial charge is 0.378 e. The van der Waals surface area contributed by atoms with E-state index in [0.29, 0.717) is 5.56 Å². The third kappa shape index (κ3) is 2.95. The number of carbonyl (C=O) groups excluding carboxylic acids is 1. The lowest BCUT2D eigenvalue weighted by molar-refractivity contribution is 0.112. The summed E-state index contributed by atoms with van der Waals surface area (Å²) in [5.74, 6) is 1.02. The molecule has 1 aliphatic heterocycles. The predicted molar refractivity (Wildman–Crippen MR) is 82.8 cm³/mol. The van der Waals surface area contributed by atoms with Gasteiger partial charge in [0.1, 0.15) is 12.1 Å². The number of pyridine rings is 1. The highest BCUT2D eigenvalue weighted by Crippen LogP contribution is 2.25. The van der Waals surface area contributed by atoms with Crippen molar-refractivity contribution in [3.05, 3.63) is 47.7 Å². The van der Waals surface area contributed by atoms with Crippen LogP contribution in [0, 0.1) is 6.92 Å². The average Bonchev–Trinajstić information content (AvgIpc) is 2.55. The lowest BCUT2D eigenvalue weighted by Gasteiger charge is -2.29. The molecule has 108 valence electrons. The molecule has 0 N–H and O–H groups in total. The molecular formula is C17H18N2O2. The first-order valence-electron chi connectivity index (χ1n) is 7.13. The number of hydrogen-bond acceptors (Lipinski definition) is 4. The van der Waals surface area contributed by atoms with Gasteiger partial charge in [-0.25, -0.2) is 4.98 Å². The van der Waals surface area contributed by atoms with E-state index in [2.05, 4.69) is 22.9 Å². The molecule has 0 amide bonds. The first-order valence-corrected chi connectivity index (χ1v) is 7.13. The lowest BCUT2D eigenvalue weighted by atomic mass is 10.0. The molecule has 0 radical (unpaired) electrons. The van der Waals surface area contributed by atoms with E-state index in [1.54, 1.807) is 6.07 Å². The van der Waals surface area contributed by atoms with Gasteiger partial charge in [0.2, 0.25) is 0 Å². The van der Waals surface area contributed by atoms with E-state index in [4.69, 9.17) is 4.74 Å². The molecule has 0 bridgehead atoms. The summed E-state index contributed by atoms with van der Waals surface area (Å²) in [4.78, 5) is 17.8. The predicted octanol–water partition coefficient (Wildman–Crippen LogP) is 2.71. The van der Waals surface area contributed by atoms with Gasteiger partial charge < -0.3 is 9.64 Å². The van der Waals surface area contributed by atoms with Crippen molar-refractivity contribution in [2.24, 2.45) is 0 Å². The quantitative estimate of drug-likeness (QED) is 0.812. The summed E-state index contributed by atoms with van der Waals surface area (Å²) in [6.45, 7) is 5.35. The average molecular weight is 282 g/mol. The Balaban J connectivity index is 1.91. The molecule has 0 saturated carbocycles. The van der Waals surface area contributed by atoms with Crippen molar-refractivity contribution < 1.29 is 9.53 Å². The van der Waals surface area contributed by atoms with Crippen molar-refractivity contribution in [3.8, 4) is 11.1 Å². The molecule has 2 heterocycles. The van der Waals surface area contributed by atoms with E-state index in [9.17, 15) is 4.79 Å². The van der Waals surface area contributed by atoms with Gasteiger partial charge in [-0.05, 0) is 30.2 Å². The molecule has 21 heavy (non-hydrogen) atoms. The fraction of sp³-hybridized carbons (Fsp3) is 0.294. The van der Waals surface area contributed by atoms with Crippen molar-refractivity contribution in [1.29, 1.82) is 0 Å². The van der Waals surface area contributed by atoms with Gasteiger partial charge in [-0.15, -0.1) is 0 Å². The molecule has 1 saturated heterocycles. The van der Waals surface area contributed by atoms with Crippen LogP contribution in [0.2, 0.25) is 0 Å². The van der Waals surface area contributed by atoms with E-state index in [1.807, 2.05) is 24.4 Å². The third-order valence-electron chi connectivity index (χ3n) is 3.72. The third-order valence-corrected chi connectivity index (χ3v) is 3.72. The van der Waals surface area contributed by atoms with Gasteiger partial charge in [0, 0.05) is 30.4 Å². The number of carbonyl (C=O) groups is 1. The molecule has 0 unspecified atom stereocenters. The van der Waals surface area contributed by atoms with Crippen LogP contribution in [-0.2, 0) is 4.74 Å². The molecule has 0 atom stereocenters. The molecule has 0 spiro atoms. The fourth-order valence-electron chi connectivity index (χ4n) is 2.62. The van der Waals surface area contributed by atoms with Crippen LogP contribution in [0.25, 0.3) is 11.1 Å². The Morgan fingerprint density at radius 3 is 2.71 bits per heavy atom. The topological polar surface area (TPSA) is 42.4 Å². The summed E-state index contributed by atoms with van der Waals surface area (Å²) in [5.41, 5.74) is 3.88. The highest BCUT2D eigenvalue weighted by molar-refractivity contribution is 5.79. The summed E-state index contributed by atoms with van der Waals surface area (Å²) < 4.78 is 5.38. The smallest absolute Gasteiger partial charge is 0.150 e. The van der Waals surface area contributed by atoms with E-state index in [0.717, 1.165) is 55.1 Å². The van der Waals surface area contributed by atoms with E-state index in [1.165, 1.54) is 0 Å². The van der Waals surface area contributed by atoms with Crippen LogP contribution in [0.4, 0.5) is 5.82 Å². The minimum Gasteiger partial charge on any atom is -0.378 e. The van der Waals surface area contributed by atoms with E-state index < -0.39 is 0 Å². The maximum absolute atomic E-state index is 10.9. The maximum atomic E-state index is 10.9. The van der Waals surface area contributed by atoms with Crippen LogP contribution in [0.1, 0.15) is 15.9 Å². The van der Waals surface area contributed by atoms with Gasteiger partial charge >= 0.3 is 0 Å². The Morgan fingerprint density at radius 2 is 2.00 bits per heavy atom. The maximum Gasteiger partial charge on any atom is 0.150 e. The molecule has 4 heteroatoms. The van der Waals surface area contributed by atoms with Gasteiger partial charge in [-0.1, -0.05) is 18.2 Å². The minimum absolute atomic E-state index is 0.683. The number of morpholine rings is 1. The molecule has 1 aromatic carbocycles. The highest BCUT2D eigenvalue weighted by Gasteiger charge is 2.15. The second kappa shape index (κ2) is 6.06. The van der Waals surface area contributed by atoms with Crippen LogP contribution in [-0.4, -0.2) is 37.6 Å². The van der Waals surface area contributed by atoms with Gasteiger partial charge in [0.05, 0.1) is 13.2 Å². The number of benzene rings is 1. The summed E-state index contributed by atoms with van der Waals surface area (Å²) >= 11 is 0. The number of rotatable bonds is 3. The Morgan fingerprint density at radius 1 is 1.19 bits per heavy atom. The van der Waals surface area contributed by atoms with Gasteiger partial charge in [0.25, 0.3) is 0 Å². The SMILES string of the molecule is Cc1cc(-c2cccc(C=O)c2)cnc1N1CCOCC1. The zero-order valence-electron chi connectivity index (χ0n) is 12.1. The zero-order chi connectivity index (χ0) is 14.7. The van der Waals surface area contributed by atoms with Crippen LogP contribution in [0.5, 0.6) is 0 Å². The monoisotopic (exact) mass is 282 g/mol. The van der Waals surface area contributed by atoms with E-state index >= 15 is 0 Å². The van der Waals surface area contributed by atoms with Crippen molar-refractivity contribution >= 4 is 12.1 Å². The molecule has 1 fully saturated rings. The molecule has 1 aromatic heterocycles. The van der Waals surface area contributed by atoms with Gasteiger partial charge in [-0.2, -0.15) is 0 Å². The Kier molecular flexibility index (Phi) is 3.97. The number of aryl methyl sites for hydroxylation is 1. The highest BCUT2D eigenvalue weighted by atomic mass is 16.5. The summed E-state index contributed by atoms with van der Waals surface area (Å²) in [5, 5.41) is 0. The first kappa shape index (κ1) is 13.8. The van der Waals surface area contributed by atoms with Gasteiger partial charge in [-0.3, -0.25) is 4.79 Å². The standard InChI is InChI=1S/C17H18N2O2/c1-13-9-16(15-4-2-3-14(10-15)12-20)11-18-17(13)19-5-7-21-8-6-19/h2-4,9-12H,5-8H2,1H3. The Labute approximate surface area is 124 Å². The van der Waals surface area contributed by atoms with Crippen LogP contribution in [0.15, 0.2) is 36.5 Å². The van der Waals surface area contributed by atoms with Crippen molar-refractivity contribution in [2.45, 2.75) is 6.92 Å². The number of aldehydes is 1. The number of ether oxygens (including phenoxy) is 1. The molecule has 1 aliphatic rings. The number of anilines is 1. The number of nitrogens with zero attached hydrogens (tertiary/aromatic N) is 2. The molecule has 2 aromatic rings. The summed E-state index contributed by atoms with van der Waals surface area (Å²) in [6.07, 6.45) is 2.74. The van der Waals surface area contributed by atoms with Crippen LogP contribution >= 0.6 is 0 Å². The van der Waals surface area contributed by atoms with Gasteiger partial charge in [0.15, 0.2) is 0 Å². The molecular weight excluding hydrogens is 264 g/mol. The first-order chi connectivity index (χ1) is 10.3. The fourth-order valence-corrected chi connectivity index (χ4v) is 2.62. The normalized spacial score (nSPS) is 15.0. The molecule has 4 nitrogen and oxygen atoms in total. The van der Waals surface area contributed by atoms with Crippen LogP contribution < -0.4 is 4.90 Å². The Bertz CT molecular complexity index is 649. The lowest BCUT2D eigenvalue weighted by Crippen LogP contribution is -2.37. The van der Waals surface area contributed by atoms with Crippen molar-refractivity contribution in [3.63, 3.8) is 0 Å². The Hall–Kier alpha value is -2.20. The molecule has 0 aliphatic carbocycles.